The first-order valence-electron chi connectivity index (χ1n) is 8.25. The number of hydrogen-bond donors (Lipinski definition) is 0. The molecule has 0 aromatic heterocycles. The first kappa shape index (κ1) is 19.2. The fraction of sp³-hybridized carbons (Fsp3) is 0.350. The van der Waals surface area contributed by atoms with Gasteiger partial charge in [0.2, 0.25) is 5.78 Å². The molecule has 0 bridgehead atoms. The summed E-state index contributed by atoms with van der Waals surface area (Å²) in [5, 5.41) is 0. The zero-order chi connectivity index (χ0) is 19.7. The molecule has 2 aromatic carbocycles. The number of rotatable bonds is 6. The summed E-state index contributed by atoms with van der Waals surface area (Å²) in [6.07, 6.45) is 0. The van der Waals surface area contributed by atoms with Crippen LogP contribution in [0.4, 0.5) is 0 Å². The van der Waals surface area contributed by atoms with Crippen molar-refractivity contribution < 1.29 is 33.2 Å². The highest BCUT2D eigenvalue weighted by Crippen LogP contribution is 2.52. The molecule has 0 radical (unpaired) electrons. The summed E-state index contributed by atoms with van der Waals surface area (Å²) in [5.41, 5.74) is 0.717. The minimum atomic E-state index is -1.91. The third-order valence-corrected chi connectivity index (χ3v) is 4.74. The smallest absolute Gasteiger partial charge is 0.306 e. The molecule has 1 aliphatic heterocycles. The zero-order valence-electron chi connectivity index (χ0n) is 15.9. The molecule has 144 valence electrons. The minimum Gasteiger partial charge on any atom is -0.493 e. The molecular weight excluding hydrogens is 352 g/mol. The van der Waals surface area contributed by atoms with Crippen LogP contribution in [0, 0.1) is 0 Å². The first-order valence-corrected chi connectivity index (χ1v) is 8.25. The molecule has 2 aromatic rings. The van der Waals surface area contributed by atoms with E-state index in [1.165, 1.54) is 35.5 Å². The van der Waals surface area contributed by atoms with E-state index in [2.05, 4.69) is 0 Å². The van der Waals surface area contributed by atoms with Gasteiger partial charge in [0, 0.05) is 26.9 Å². The molecule has 0 amide bonds. The number of ether oxygens (including phenoxy) is 6. The average Bonchev–Trinajstić information content (AvgIpc) is 2.73. The van der Waals surface area contributed by atoms with Crippen LogP contribution in [0.5, 0.6) is 17.2 Å². The van der Waals surface area contributed by atoms with Crippen molar-refractivity contribution in [1.82, 2.24) is 0 Å². The number of Topliss-reactive ketones (excluding diaryl/α,β-unsaturated/α-hetero) is 1. The fourth-order valence-electron chi connectivity index (χ4n) is 3.48. The van der Waals surface area contributed by atoms with Gasteiger partial charge in [-0.15, -0.1) is 0 Å². The van der Waals surface area contributed by atoms with Crippen LogP contribution in [0.1, 0.15) is 15.9 Å². The standard InChI is InChI=1S/C20H22O7/c1-22-15-12-11-14-16(17(15)23-2)18(21)20(25-4,26-5)19(24-3,27-14)13-9-7-6-8-10-13/h6-12H,1-5H3. The van der Waals surface area contributed by atoms with Crippen LogP contribution in [-0.2, 0) is 20.0 Å². The first-order chi connectivity index (χ1) is 13.0. The van der Waals surface area contributed by atoms with Crippen LogP contribution in [0.15, 0.2) is 42.5 Å². The lowest BCUT2D eigenvalue weighted by atomic mass is 9.86. The van der Waals surface area contributed by atoms with E-state index >= 15 is 0 Å². The molecule has 27 heavy (non-hydrogen) atoms. The molecule has 1 unspecified atom stereocenters. The Hall–Kier alpha value is -2.61. The molecule has 3 rings (SSSR count). The van der Waals surface area contributed by atoms with Gasteiger partial charge in [0.25, 0.3) is 5.79 Å². The zero-order valence-corrected chi connectivity index (χ0v) is 15.9. The van der Waals surface area contributed by atoms with Gasteiger partial charge in [0.1, 0.15) is 11.3 Å². The summed E-state index contributed by atoms with van der Waals surface area (Å²) in [6.45, 7) is 0. The van der Waals surface area contributed by atoms with Crippen LogP contribution in [-0.4, -0.2) is 47.1 Å². The van der Waals surface area contributed by atoms with Crippen molar-refractivity contribution >= 4 is 5.78 Å². The van der Waals surface area contributed by atoms with E-state index in [-0.39, 0.29) is 17.1 Å². The van der Waals surface area contributed by atoms with Crippen molar-refractivity contribution in [2.45, 2.75) is 11.6 Å². The summed E-state index contributed by atoms with van der Waals surface area (Å²) >= 11 is 0. The van der Waals surface area contributed by atoms with Gasteiger partial charge in [-0.1, -0.05) is 30.3 Å². The number of benzene rings is 2. The highest BCUT2D eigenvalue weighted by Gasteiger charge is 2.67. The van der Waals surface area contributed by atoms with E-state index in [0.717, 1.165) is 0 Å². The summed E-state index contributed by atoms with van der Waals surface area (Å²) in [5.74, 6) is -3.18. The number of fused-ring (bicyclic) bond motifs is 1. The predicted molar refractivity (Wildman–Crippen MR) is 96.4 cm³/mol. The Kier molecular flexibility index (Phi) is 5.10. The lowest BCUT2D eigenvalue weighted by Gasteiger charge is -2.48. The minimum absolute atomic E-state index is 0.157. The molecule has 0 N–H and O–H groups in total. The fourth-order valence-corrected chi connectivity index (χ4v) is 3.48. The molecule has 0 aliphatic carbocycles. The normalized spacial score (nSPS) is 20.6. The van der Waals surface area contributed by atoms with Crippen LogP contribution in [0.25, 0.3) is 0 Å². The van der Waals surface area contributed by atoms with E-state index in [0.29, 0.717) is 11.3 Å². The van der Waals surface area contributed by atoms with Gasteiger partial charge in [0.15, 0.2) is 11.5 Å². The van der Waals surface area contributed by atoms with Crippen molar-refractivity contribution in [3.63, 3.8) is 0 Å². The maximum absolute atomic E-state index is 13.7. The Labute approximate surface area is 157 Å². The summed E-state index contributed by atoms with van der Waals surface area (Å²) in [6, 6.07) is 12.3. The number of ketones is 1. The van der Waals surface area contributed by atoms with E-state index < -0.39 is 17.4 Å². The lowest BCUT2D eigenvalue weighted by Crippen LogP contribution is -2.65. The van der Waals surface area contributed by atoms with E-state index in [1.807, 2.05) is 18.2 Å². The molecule has 1 heterocycles. The van der Waals surface area contributed by atoms with Crippen molar-refractivity contribution in [3.8, 4) is 17.2 Å². The van der Waals surface area contributed by atoms with Crippen molar-refractivity contribution in [1.29, 1.82) is 0 Å². The van der Waals surface area contributed by atoms with Crippen molar-refractivity contribution in [3.05, 3.63) is 53.6 Å². The second-order valence-electron chi connectivity index (χ2n) is 5.82. The van der Waals surface area contributed by atoms with E-state index in [1.54, 1.807) is 24.3 Å². The Balaban J connectivity index is 2.35. The van der Waals surface area contributed by atoms with Crippen LogP contribution >= 0.6 is 0 Å². The maximum Gasteiger partial charge on any atom is 0.306 e. The van der Waals surface area contributed by atoms with Gasteiger partial charge in [0.05, 0.1) is 14.2 Å². The Morgan fingerprint density at radius 1 is 0.815 bits per heavy atom. The van der Waals surface area contributed by atoms with Gasteiger partial charge < -0.3 is 28.4 Å². The Morgan fingerprint density at radius 2 is 1.48 bits per heavy atom. The monoisotopic (exact) mass is 374 g/mol. The van der Waals surface area contributed by atoms with Gasteiger partial charge in [-0.25, -0.2) is 0 Å². The SMILES string of the molecule is COc1ccc2c(c1OC)C(=O)C(OC)(OC)C(OC)(c1ccccc1)O2. The van der Waals surface area contributed by atoms with E-state index in [4.69, 9.17) is 28.4 Å². The molecule has 1 aliphatic rings. The van der Waals surface area contributed by atoms with Crippen LogP contribution < -0.4 is 14.2 Å². The molecule has 0 saturated carbocycles. The second kappa shape index (κ2) is 7.19. The Morgan fingerprint density at radius 3 is 2.00 bits per heavy atom. The number of carbonyl (C=O) groups is 1. The second-order valence-corrected chi connectivity index (χ2v) is 5.82. The molecule has 0 fully saturated rings. The predicted octanol–water partition coefficient (Wildman–Crippen LogP) is 2.77. The van der Waals surface area contributed by atoms with Gasteiger partial charge in [-0.3, -0.25) is 4.79 Å². The van der Waals surface area contributed by atoms with Crippen molar-refractivity contribution in [2.75, 3.05) is 35.5 Å². The third-order valence-electron chi connectivity index (χ3n) is 4.74. The molecule has 7 nitrogen and oxygen atoms in total. The number of hydrogen-bond acceptors (Lipinski definition) is 7. The highest BCUT2D eigenvalue weighted by molar-refractivity contribution is 6.08. The van der Waals surface area contributed by atoms with Crippen LogP contribution in [0.2, 0.25) is 0 Å². The lowest BCUT2D eigenvalue weighted by molar-refractivity contribution is -0.354. The molecule has 0 spiro atoms. The topological polar surface area (TPSA) is 72.5 Å². The molecule has 7 heteroatoms. The summed E-state index contributed by atoms with van der Waals surface area (Å²) in [7, 11) is 7.08. The quantitative estimate of drug-likeness (QED) is 0.720. The number of methoxy groups -OCH3 is 5. The van der Waals surface area contributed by atoms with Gasteiger partial charge in [-0.2, -0.15) is 0 Å². The highest BCUT2D eigenvalue weighted by atomic mass is 16.8. The molecular formula is C20H22O7. The van der Waals surface area contributed by atoms with Crippen molar-refractivity contribution in [2.24, 2.45) is 0 Å². The van der Waals surface area contributed by atoms with Crippen LogP contribution in [0.3, 0.4) is 0 Å². The summed E-state index contributed by atoms with van der Waals surface area (Å²) < 4.78 is 33.9. The van der Waals surface area contributed by atoms with Gasteiger partial charge in [-0.05, 0) is 12.1 Å². The van der Waals surface area contributed by atoms with E-state index in [9.17, 15) is 4.79 Å². The molecule has 1 atom stereocenters. The molecule has 0 saturated heterocycles. The Bertz CT molecular complexity index is 830. The largest absolute Gasteiger partial charge is 0.493 e. The van der Waals surface area contributed by atoms with Gasteiger partial charge >= 0.3 is 5.79 Å². The maximum atomic E-state index is 13.7. The number of carbonyl (C=O) groups excluding carboxylic acids is 1. The summed E-state index contributed by atoms with van der Waals surface area (Å²) in [4.78, 5) is 13.7. The average molecular weight is 374 g/mol. The third kappa shape index (κ3) is 2.50.